The molecule has 1 aliphatic rings. The van der Waals surface area contributed by atoms with Gasteiger partial charge in [-0.25, -0.2) is 4.79 Å². The minimum absolute atomic E-state index is 0.0106. The maximum atomic E-state index is 12.6. The van der Waals surface area contributed by atoms with E-state index in [9.17, 15) is 14.4 Å². The zero-order chi connectivity index (χ0) is 20.4. The number of carbonyl (C=O) groups excluding carboxylic acids is 3. The number of benzene rings is 1. The average Bonchev–Trinajstić information content (AvgIpc) is 3.03. The van der Waals surface area contributed by atoms with Gasteiger partial charge in [0.25, 0.3) is 5.91 Å². The lowest BCUT2D eigenvalue weighted by Crippen LogP contribution is -2.52. The molecule has 1 fully saturated rings. The van der Waals surface area contributed by atoms with Crippen LogP contribution in [-0.4, -0.2) is 67.0 Å². The maximum absolute atomic E-state index is 12.6. The number of carbonyl (C=O) groups is 3. The summed E-state index contributed by atoms with van der Waals surface area (Å²) in [7, 11) is 1.56. The molecule has 0 bridgehead atoms. The molecule has 3 rings (SSSR count). The first kappa shape index (κ1) is 19.7. The Balaban J connectivity index is 1.67. The Bertz CT molecular complexity index is 911. The third-order valence-corrected chi connectivity index (χ3v) is 5.00. The molecule has 1 aromatic heterocycles. The van der Waals surface area contributed by atoms with E-state index in [2.05, 4.69) is 0 Å². The Kier molecular flexibility index (Phi) is 5.58. The van der Waals surface area contributed by atoms with Crippen molar-refractivity contribution in [2.24, 2.45) is 0 Å². The summed E-state index contributed by atoms with van der Waals surface area (Å²) in [6.45, 7) is 6.60. The number of nitrogens with zero attached hydrogens (tertiary/aromatic N) is 2. The van der Waals surface area contributed by atoms with Gasteiger partial charge in [-0.1, -0.05) is 0 Å². The summed E-state index contributed by atoms with van der Waals surface area (Å²) in [5, 5.41) is 0.755. The molecule has 1 atom stereocenters. The zero-order valence-electron chi connectivity index (χ0n) is 16.5. The molecule has 2 heterocycles. The van der Waals surface area contributed by atoms with Crippen LogP contribution in [-0.2, 0) is 14.3 Å². The van der Waals surface area contributed by atoms with Gasteiger partial charge in [0.2, 0.25) is 11.7 Å². The lowest BCUT2D eigenvalue weighted by Gasteiger charge is -2.35. The van der Waals surface area contributed by atoms with E-state index >= 15 is 0 Å². The van der Waals surface area contributed by atoms with Crippen LogP contribution in [0.3, 0.4) is 0 Å². The van der Waals surface area contributed by atoms with Crippen LogP contribution < -0.4 is 4.74 Å². The third kappa shape index (κ3) is 3.81. The van der Waals surface area contributed by atoms with Crippen molar-refractivity contribution in [3.63, 3.8) is 0 Å². The highest BCUT2D eigenvalue weighted by Gasteiger charge is 2.29. The van der Waals surface area contributed by atoms with Crippen molar-refractivity contribution in [3.05, 3.63) is 29.5 Å². The van der Waals surface area contributed by atoms with E-state index in [-0.39, 0.29) is 17.6 Å². The fraction of sp³-hybridized carbons (Fsp3) is 0.450. The summed E-state index contributed by atoms with van der Waals surface area (Å²) in [6, 6.07) is 5.25. The van der Waals surface area contributed by atoms with Crippen molar-refractivity contribution in [2.75, 3.05) is 33.3 Å². The summed E-state index contributed by atoms with van der Waals surface area (Å²) in [6.07, 6.45) is -0.946. The van der Waals surface area contributed by atoms with E-state index in [0.29, 0.717) is 43.1 Å². The van der Waals surface area contributed by atoms with Crippen LogP contribution in [0, 0.1) is 6.92 Å². The molecule has 1 unspecified atom stereocenters. The van der Waals surface area contributed by atoms with Crippen LogP contribution in [0.2, 0.25) is 0 Å². The molecule has 2 aromatic rings. The van der Waals surface area contributed by atoms with Gasteiger partial charge >= 0.3 is 5.97 Å². The number of amides is 2. The van der Waals surface area contributed by atoms with E-state index in [1.54, 1.807) is 49.0 Å². The highest BCUT2D eigenvalue weighted by molar-refractivity contribution is 5.97. The van der Waals surface area contributed by atoms with Crippen molar-refractivity contribution in [2.45, 2.75) is 26.9 Å². The van der Waals surface area contributed by atoms with Gasteiger partial charge in [-0.15, -0.1) is 0 Å². The number of hydrogen-bond donors (Lipinski definition) is 0. The van der Waals surface area contributed by atoms with E-state index in [1.165, 1.54) is 6.92 Å². The lowest BCUT2D eigenvalue weighted by molar-refractivity contribution is -0.144. The van der Waals surface area contributed by atoms with E-state index in [1.807, 2.05) is 0 Å². The number of aryl methyl sites for hydroxylation is 1. The van der Waals surface area contributed by atoms with Crippen molar-refractivity contribution in [1.29, 1.82) is 0 Å². The monoisotopic (exact) mass is 388 g/mol. The standard InChI is InChI=1S/C20H24N2O6/c1-12-16-11-15(26-4)5-6-17(16)28-18(12)20(25)27-13(2)19(24)22-9-7-21(8-10-22)14(3)23/h5-6,11,13H,7-10H2,1-4H3. The van der Waals surface area contributed by atoms with Crippen LogP contribution in [0.25, 0.3) is 11.0 Å². The van der Waals surface area contributed by atoms with Crippen molar-refractivity contribution in [1.82, 2.24) is 9.80 Å². The smallest absolute Gasteiger partial charge is 0.375 e. The van der Waals surface area contributed by atoms with E-state index in [0.717, 1.165) is 5.39 Å². The Hall–Kier alpha value is -3.03. The van der Waals surface area contributed by atoms with Crippen molar-refractivity contribution in [3.8, 4) is 5.75 Å². The number of methoxy groups -OCH3 is 1. The highest BCUT2D eigenvalue weighted by Crippen LogP contribution is 2.29. The van der Waals surface area contributed by atoms with Gasteiger partial charge in [-0.2, -0.15) is 0 Å². The number of furan rings is 1. The first-order valence-corrected chi connectivity index (χ1v) is 9.14. The van der Waals surface area contributed by atoms with Crippen molar-refractivity contribution >= 4 is 28.8 Å². The minimum atomic E-state index is -0.946. The molecule has 0 N–H and O–H groups in total. The summed E-state index contributed by atoms with van der Waals surface area (Å²) < 4.78 is 16.2. The normalized spacial score (nSPS) is 15.4. The molecule has 2 amide bonds. The lowest BCUT2D eigenvalue weighted by atomic mass is 10.1. The van der Waals surface area contributed by atoms with Gasteiger partial charge < -0.3 is 23.7 Å². The Morgan fingerprint density at radius 1 is 1.11 bits per heavy atom. The molecule has 28 heavy (non-hydrogen) atoms. The maximum Gasteiger partial charge on any atom is 0.375 e. The molecule has 1 aliphatic heterocycles. The number of ether oxygens (including phenoxy) is 2. The highest BCUT2D eigenvalue weighted by atomic mass is 16.6. The number of rotatable bonds is 4. The van der Waals surface area contributed by atoms with Gasteiger partial charge in [0.1, 0.15) is 11.3 Å². The molecule has 8 nitrogen and oxygen atoms in total. The molecular formula is C20H24N2O6. The number of fused-ring (bicyclic) bond motifs is 1. The zero-order valence-corrected chi connectivity index (χ0v) is 16.5. The molecule has 150 valence electrons. The number of piperazine rings is 1. The van der Waals surface area contributed by atoms with Gasteiger partial charge in [0, 0.05) is 44.1 Å². The molecule has 1 saturated heterocycles. The minimum Gasteiger partial charge on any atom is -0.497 e. The van der Waals surface area contributed by atoms with Crippen molar-refractivity contribution < 1.29 is 28.3 Å². The summed E-state index contributed by atoms with van der Waals surface area (Å²) in [4.78, 5) is 39.8. The average molecular weight is 388 g/mol. The second-order valence-corrected chi connectivity index (χ2v) is 6.80. The predicted octanol–water partition coefficient (Wildman–Crippen LogP) is 1.99. The summed E-state index contributed by atoms with van der Waals surface area (Å²) >= 11 is 0. The Morgan fingerprint density at radius 2 is 1.75 bits per heavy atom. The number of hydrogen-bond acceptors (Lipinski definition) is 6. The number of esters is 1. The largest absolute Gasteiger partial charge is 0.497 e. The third-order valence-electron chi connectivity index (χ3n) is 5.00. The molecule has 0 spiro atoms. The molecule has 1 aromatic carbocycles. The quantitative estimate of drug-likeness (QED) is 0.744. The van der Waals surface area contributed by atoms with Gasteiger partial charge in [-0.3, -0.25) is 9.59 Å². The van der Waals surface area contributed by atoms with E-state index < -0.39 is 12.1 Å². The molecule has 8 heteroatoms. The van der Waals surface area contributed by atoms with Gasteiger partial charge in [0.05, 0.1) is 7.11 Å². The predicted molar refractivity (Wildman–Crippen MR) is 101 cm³/mol. The molecule has 0 aliphatic carbocycles. The van der Waals surface area contributed by atoms with E-state index in [4.69, 9.17) is 13.9 Å². The van der Waals surface area contributed by atoms with Crippen LogP contribution in [0.1, 0.15) is 30.0 Å². The topological polar surface area (TPSA) is 89.3 Å². The molecule has 0 saturated carbocycles. The van der Waals surface area contributed by atoms with Gasteiger partial charge in [-0.05, 0) is 32.0 Å². The fourth-order valence-electron chi connectivity index (χ4n) is 3.29. The van der Waals surface area contributed by atoms with Crippen LogP contribution in [0.15, 0.2) is 22.6 Å². The molecular weight excluding hydrogens is 364 g/mol. The Morgan fingerprint density at radius 3 is 2.36 bits per heavy atom. The summed E-state index contributed by atoms with van der Waals surface area (Å²) in [5.41, 5.74) is 1.18. The second kappa shape index (κ2) is 7.92. The van der Waals surface area contributed by atoms with Crippen LogP contribution >= 0.6 is 0 Å². The molecule has 0 radical (unpaired) electrons. The Labute approximate surface area is 163 Å². The van der Waals surface area contributed by atoms with Crippen LogP contribution in [0.5, 0.6) is 5.75 Å². The SMILES string of the molecule is COc1ccc2oc(C(=O)OC(C)C(=O)N3CCN(C(C)=O)CC3)c(C)c2c1. The summed E-state index contributed by atoms with van der Waals surface area (Å²) in [5.74, 6) is -0.250. The van der Waals surface area contributed by atoms with Gasteiger partial charge in [0.15, 0.2) is 6.10 Å². The second-order valence-electron chi connectivity index (χ2n) is 6.80. The first-order chi connectivity index (χ1) is 13.3. The van der Waals surface area contributed by atoms with Crippen LogP contribution in [0.4, 0.5) is 0 Å². The first-order valence-electron chi connectivity index (χ1n) is 9.14. The fourth-order valence-corrected chi connectivity index (χ4v) is 3.29.